The van der Waals surface area contributed by atoms with Gasteiger partial charge in [-0.25, -0.2) is 0 Å². The molecule has 0 saturated carbocycles. The Morgan fingerprint density at radius 3 is 2.86 bits per heavy atom. The molecule has 3 heteroatoms. The van der Waals surface area contributed by atoms with Crippen LogP contribution in [-0.4, -0.2) is 4.98 Å². The van der Waals surface area contributed by atoms with Crippen LogP contribution < -0.4 is 5.56 Å². The van der Waals surface area contributed by atoms with E-state index in [9.17, 15) is 4.79 Å². The van der Waals surface area contributed by atoms with Crippen molar-refractivity contribution in [3.63, 3.8) is 0 Å². The number of hydrogen-bond acceptors (Lipinski definition) is 1. The fraction of sp³-hybridized carbons (Fsp3) is 0.182. The third kappa shape index (κ3) is 1.60. The second kappa shape index (κ2) is 3.58. The molecule has 0 saturated heterocycles. The van der Waals surface area contributed by atoms with Crippen LogP contribution in [0.25, 0.3) is 10.9 Å². The van der Waals surface area contributed by atoms with Crippen LogP contribution in [-0.2, 0) is 6.42 Å². The molecule has 0 unspecified atom stereocenters. The lowest BCUT2D eigenvalue weighted by Gasteiger charge is -2.03. The van der Waals surface area contributed by atoms with Gasteiger partial charge in [0.05, 0.1) is 5.52 Å². The zero-order valence-corrected chi connectivity index (χ0v) is 9.39. The molecular formula is C11H10BrNO. The second-order valence-corrected chi connectivity index (χ2v) is 4.07. The van der Waals surface area contributed by atoms with Crippen LogP contribution >= 0.6 is 15.9 Å². The summed E-state index contributed by atoms with van der Waals surface area (Å²) in [5.74, 6) is 0. The largest absolute Gasteiger partial charge is 0.321 e. The Hall–Kier alpha value is -1.09. The van der Waals surface area contributed by atoms with E-state index in [1.54, 1.807) is 6.07 Å². The lowest BCUT2D eigenvalue weighted by molar-refractivity contribution is 1.14. The predicted molar refractivity (Wildman–Crippen MR) is 61.6 cm³/mol. The molecule has 0 amide bonds. The molecule has 0 spiro atoms. The molecule has 2 aromatic rings. The monoisotopic (exact) mass is 251 g/mol. The standard InChI is InChI=1S/C11H10BrNO/c1-2-7-5-8-3-4-10(14)13-11(8)9(12)6-7/h3-6H,2H2,1H3,(H,13,14). The van der Waals surface area contributed by atoms with Gasteiger partial charge >= 0.3 is 0 Å². The fourth-order valence-corrected chi connectivity index (χ4v) is 2.11. The molecule has 0 atom stereocenters. The predicted octanol–water partition coefficient (Wildman–Crippen LogP) is 2.85. The van der Waals surface area contributed by atoms with Gasteiger partial charge in [0.25, 0.3) is 0 Å². The number of hydrogen-bond donors (Lipinski definition) is 1. The molecule has 1 aromatic carbocycles. The van der Waals surface area contributed by atoms with E-state index >= 15 is 0 Å². The third-order valence-corrected chi connectivity index (χ3v) is 2.88. The number of aromatic amines is 1. The summed E-state index contributed by atoms with van der Waals surface area (Å²) in [5.41, 5.74) is 2.06. The number of H-pyrrole nitrogens is 1. The summed E-state index contributed by atoms with van der Waals surface area (Å²) >= 11 is 3.45. The molecule has 2 rings (SSSR count). The zero-order chi connectivity index (χ0) is 10.1. The van der Waals surface area contributed by atoms with Crippen molar-refractivity contribution in [3.05, 3.63) is 44.7 Å². The molecule has 2 nitrogen and oxygen atoms in total. The third-order valence-electron chi connectivity index (χ3n) is 2.25. The summed E-state index contributed by atoms with van der Waals surface area (Å²) in [6, 6.07) is 7.53. The smallest absolute Gasteiger partial charge is 0.248 e. The number of benzene rings is 1. The maximum atomic E-state index is 11.1. The van der Waals surface area contributed by atoms with Crippen LogP contribution in [0, 0.1) is 0 Å². The number of pyridine rings is 1. The number of nitrogens with one attached hydrogen (secondary N) is 1. The van der Waals surface area contributed by atoms with E-state index in [2.05, 4.69) is 33.9 Å². The molecule has 0 fully saturated rings. The first-order valence-electron chi connectivity index (χ1n) is 4.52. The van der Waals surface area contributed by atoms with Crippen molar-refractivity contribution >= 4 is 26.8 Å². The summed E-state index contributed by atoms with van der Waals surface area (Å²) in [7, 11) is 0. The van der Waals surface area contributed by atoms with Crippen LogP contribution in [0.4, 0.5) is 0 Å². The molecule has 0 aliphatic rings. The molecule has 1 N–H and O–H groups in total. The fourth-order valence-electron chi connectivity index (χ4n) is 1.48. The van der Waals surface area contributed by atoms with Gasteiger partial charge in [0.1, 0.15) is 0 Å². The normalized spacial score (nSPS) is 10.7. The average Bonchev–Trinajstić information content (AvgIpc) is 2.19. The summed E-state index contributed by atoms with van der Waals surface area (Å²) < 4.78 is 0.949. The summed E-state index contributed by atoms with van der Waals surface area (Å²) in [5, 5.41) is 1.07. The van der Waals surface area contributed by atoms with Crippen molar-refractivity contribution in [2.45, 2.75) is 13.3 Å². The van der Waals surface area contributed by atoms with Gasteiger partial charge in [-0.15, -0.1) is 0 Å². The maximum Gasteiger partial charge on any atom is 0.248 e. The van der Waals surface area contributed by atoms with E-state index in [1.807, 2.05) is 12.1 Å². The number of aromatic nitrogens is 1. The quantitative estimate of drug-likeness (QED) is 0.831. The first-order chi connectivity index (χ1) is 6.70. The Balaban J connectivity index is 2.83. The van der Waals surface area contributed by atoms with Crippen LogP contribution in [0.5, 0.6) is 0 Å². The van der Waals surface area contributed by atoms with E-state index in [0.29, 0.717) is 0 Å². The minimum Gasteiger partial charge on any atom is -0.321 e. The molecule has 0 bridgehead atoms. The van der Waals surface area contributed by atoms with Crippen molar-refractivity contribution in [1.29, 1.82) is 0 Å². The van der Waals surface area contributed by atoms with Gasteiger partial charge in [-0.3, -0.25) is 4.79 Å². The average molecular weight is 252 g/mol. The number of halogens is 1. The first kappa shape index (κ1) is 9.46. The van der Waals surface area contributed by atoms with Gasteiger partial charge in [0.2, 0.25) is 5.56 Å². The van der Waals surface area contributed by atoms with Gasteiger partial charge in [-0.2, -0.15) is 0 Å². The number of fused-ring (bicyclic) bond motifs is 1. The Morgan fingerprint density at radius 1 is 1.36 bits per heavy atom. The zero-order valence-electron chi connectivity index (χ0n) is 7.80. The van der Waals surface area contributed by atoms with Crippen LogP contribution in [0.15, 0.2) is 33.5 Å². The SMILES string of the molecule is CCc1cc(Br)c2[nH]c(=O)ccc2c1. The van der Waals surface area contributed by atoms with Crippen LogP contribution in [0.1, 0.15) is 12.5 Å². The minimum absolute atomic E-state index is 0.0672. The minimum atomic E-state index is -0.0672. The maximum absolute atomic E-state index is 11.1. The summed E-state index contributed by atoms with van der Waals surface area (Å²) in [6.07, 6.45) is 0.994. The molecule has 14 heavy (non-hydrogen) atoms. The van der Waals surface area contributed by atoms with E-state index in [1.165, 1.54) is 5.56 Å². The molecule has 1 heterocycles. The molecule has 1 aromatic heterocycles. The van der Waals surface area contributed by atoms with Crippen LogP contribution in [0.3, 0.4) is 0 Å². The molecule has 0 aliphatic carbocycles. The van der Waals surface area contributed by atoms with Crippen molar-refractivity contribution in [2.24, 2.45) is 0 Å². The highest BCUT2D eigenvalue weighted by molar-refractivity contribution is 9.10. The number of rotatable bonds is 1. The first-order valence-corrected chi connectivity index (χ1v) is 5.31. The van der Waals surface area contributed by atoms with Crippen molar-refractivity contribution in [1.82, 2.24) is 4.98 Å². The van der Waals surface area contributed by atoms with Crippen molar-refractivity contribution in [2.75, 3.05) is 0 Å². The summed E-state index contributed by atoms with van der Waals surface area (Å²) in [4.78, 5) is 13.9. The van der Waals surface area contributed by atoms with E-state index < -0.39 is 0 Å². The van der Waals surface area contributed by atoms with E-state index in [4.69, 9.17) is 0 Å². The molecule has 0 aliphatic heterocycles. The van der Waals surface area contributed by atoms with Crippen LogP contribution in [0.2, 0.25) is 0 Å². The topological polar surface area (TPSA) is 32.9 Å². The Bertz CT molecular complexity index is 530. The lowest BCUT2D eigenvalue weighted by Crippen LogP contribution is -2.02. The Morgan fingerprint density at radius 2 is 2.14 bits per heavy atom. The highest BCUT2D eigenvalue weighted by atomic mass is 79.9. The van der Waals surface area contributed by atoms with Gasteiger partial charge in [0, 0.05) is 10.5 Å². The highest BCUT2D eigenvalue weighted by Crippen LogP contribution is 2.23. The van der Waals surface area contributed by atoms with E-state index in [0.717, 1.165) is 21.8 Å². The van der Waals surface area contributed by atoms with E-state index in [-0.39, 0.29) is 5.56 Å². The Kier molecular flexibility index (Phi) is 2.42. The Labute approximate surface area is 90.1 Å². The van der Waals surface area contributed by atoms with Crippen molar-refractivity contribution < 1.29 is 0 Å². The van der Waals surface area contributed by atoms with Gasteiger partial charge in [-0.05, 0) is 51.5 Å². The van der Waals surface area contributed by atoms with Gasteiger partial charge < -0.3 is 4.98 Å². The second-order valence-electron chi connectivity index (χ2n) is 3.22. The lowest BCUT2D eigenvalue weighted by atomic mass is 10.1. The van der Waals surface area contributed by atoms with Gasteiger partial charge in [-0.1, -0.05) is 6.92 Å². The summed E-state index contributed by atoms with van der Waals surface area (Å²) in [6.45, 7) is 2.11. The molecular weight excluding hydrogens is 242 g/mol. The van der Waals surface area contributed by atoms with Crippen molar-refractivity contribution in [3.8, 4) is 0 Å². The van der Waals surface area contributed by atoms with Gasteiger partial charge in [0.15, 0.2) is 0 Å². The number of aryl methyl sites for hydroxylation is 1. The highest BCUT2D eigenvalue weighted by Gasteiger charge is 2.01. The molecule has 72 valence electrons. The molecule has 0 radical (unpaired) electrons.